The van der Waals surface area contributed by atoms with Gasteiger partial charge in [-0.05, 0) is 12.8 Å². The maximum atomic E-state index is 12.6. The van der Waals surface area contributed by atoms with Gasteiger partial charge in [0.05, 0.1) is 17.5 Å². The third kappa shape index (κ3) is 3.07. The van der Waals surface area contributed by atoms with Crippen molar-refractivity contribution in [3.05, 3.63) is 21.5 Å². The van der Waals surface area contributed by atoms with Crippen LogP contribution < -0.4 is 0 Å². The van der Waals surface area contributed by atoms with E-state index in [1.807, 2.05) is 0 Å². The molecule has 20 heavy (non-hydrogen) atoms. The van der Waals surface area contributed by atoms with Crippen LogP contribution in [0.15, 0.2) is 0 Å². The summed E-state index contributed by atoms with van der Waals surface area (Å²) in [5.41, 5.74) is -0.0177. The van der Waals surface area contributed by atoms with Crippen LogP contribution in [0.2, 0.25) is 0 Å². The maximum absolute atomic E-state index is 12.6. The molecule has 0 spiro atoms. The lowest BCUT2D eigenvalue weighted by molar-refractivity contribution is -0.386. The van der Waals surface area contributed by atoms with E-state index in [9.17, 15) is 23.3 Å². The molecule has 0 N–H and O–H groups in total. The Labute approximate surface area is 113 Å². The zero-order valence-electron chi connectivity index (χ0n) is 10.9. The van der Waals surface area contributed by atoms with Gasteiger partial charge in [0.15, 0.2) is 5.92 Å². The van der Waals surface area contributed by atoms with Crippen LogP contribution in [0.25, 0.3) is 0 Å². The van der Waals surface area contributed by atoms with Gasteiger partial charge in [0.25, 0.3) is 0 Å². The molecule has 0 bridgehead atoms. The number of hydrogen-bond acceptors (Lipinski definition) is 4. The lowest BCUT2D eigenvalue weighted by Gasteiger charge is -2.14. The first-order valence-corrected chi connectivity index (χ1v) is 5.95. The first kappa shape index (κ1) is 15.9. The van der Waals surface area contributed by atoms with Crippen LogP contribution in [-0.2, 0) is 19.4 Å². The third-order valence-electron chi connectivity index (χ3n) is 2.86. The second-order valence-corrected chi connectivity index (χ2v) is 4.11. The molecule has 1 unspecified atom stereocenters. The molecule has 110 valence electrons. The summed E-state index contributed by atoms with van der Waals surface area (Å²) in [6.07, 6.45) is -4.29. The number of rotatable bonds is 5. The van der Waals surface area contributed by atoms with Gasteiger partial charge in [0.1, 0.15) is 11.4 Å². The Morgan fingerprint density at radius 2 is 2.05 bits per heavy atom. The quantitative estimate of drug-likeness (QED) is 0.616. The third-order valence-corrected chi connectivity index (χ3v) is 2.86. The number of nitrogens with zero attached hydrogens (tertiary/aromatic N) is 4. The van der Waals surface area contributed by atoms with Gasteiger partial charge in [-0.25, -0.2) is 0 Å². The van der Waals surface area contributed by atoms with Crippen LogP contribution in [-0.4, -0.2) is 20.9 Å². The van der Waals surface area contributed by atoms with Gasteiger partial charge in [-0.15, -0.1) is 0 Å². The Balaban J connectivity index is 3.26. The zero-order chi connectivity index (χ0) is 15.5. The molecule has 0 aromatic carbocycles. The van der Waals surface area contributed by atoms with E-state index in [0.29, 0.717) is 0 Å². The van der Waals surface area contributed by atoms with Gasteiger partial charge >= 0.3 is 11.9 Å². The predicted molar refractivity (Wildman–Crippen MR) is 62.8 cm³/mol. The topological polar surface area (TPSA) is 84.8 Å². The highest BCUT2D eigenvalue weighted by molar-refractivity contribution is 5.41. The molecule has 9 heteroatoms. The molecule has 0 aliphatic carbocycles. The molecule has 1 heterocycles. The fourth-order valence-electron chi connectivity index (χ4n) is 1.88. The largest absolute Gasteiger partial charge is 0.406 e. The van der Waals surface area contributed by atoms with E-state index in [2.05, 4.69) is 5.10 Å². The summed E-state index contributed by atoms with van der Waals surface area (Å²) in [4.78, 5) is 10.3. The van der Waals surface area contributed by atoms with E-state index >= 15 is 0 Å². The minimum Gasteiger partial charge on any atom is -0.260 e. The van der Waals surface area contributed by atoms with Crippen LogP contribution in [0.5, 0.6) is 0 Å². The first-order chi connectivity index (χ1) is 9.26. The fraction of sp³-hybridized carbons (Fsp3) is 0.636. The number of aryl methyl sites for hydroxylation is 1. The highest BCUT2D eigenvalue weighted by Gasteiger charge is 2.41. The molecule has 0 amide bonds. The van der Waals surface area contributed by atoms with Crippen LogP contribution in [0.4, 0.5) is 18.9 Å². The van der Waals surface area contributed by atoms with Crippen molar-refractivity contribution in [2.45, 2.75) is 39.4 Å². The molecule has 0 saturated heterocycles. The van der Waals surface area contributed by atoms with Crippen LogP contribution in [0, 0.1) is 27.4 Å². The summed E-state index contributed by atoms with van der Waals surface area (Å²) in [6, 6.07) is 1.16. The summed E-state index contributed by atoms with van der Waals surface area (Å²) in [6.45, 7) is 2.49. The summed E-state index contributed by atoms with van der Waals surface area (Å²) in [5, 5.41) is 23.4. The molecule has 1 rings (SSSR count). The molecule has 1 aromatic rings. The Morgan fingerprint density at radius 1 is 1.45 bits per heavy atom. The summed E-state index contributed by atoms with van der Waals surface area (Å²) in [5.74, 6) is -2.24. The number of aromatic nitrogens is 2. The van der Waals surface area contributed by atoms with Gasteiger partial charge in [-0.1, -0.05) is 13.8 Å². The highest BCUT2D eigenvalue weighted by atomic mass is 19.4. The van der Waals surface area contributed by atoms with Crippen molar-refractivity contribution < 1.29 is 18.1 Å². The number of nitro groups is 1. The first-order valence-electron chi connectivity index (χ1n) is 5.95. The molecule has 0 fully saturated rings. The Hall–Kier alpha value is -2.11. The summed E-state index contributed by atoms with van der Waals surface area (Å²) >= 11 is 0. The van der Waals surface area contributed by atoms with E-state index in [1.54, 1.807) is 13.8 Å². The lowest BCUT2D eigenvalue weighted by atomic mass is 10.1. The number of halogens is 3. The fourth-order valence-corrected chi connectivity index (χ4v) is 1.88. The van der Waals surface area contributed by atoms with Crippen molar-refractivity contribution in [2.75, 3.05) is 0 Å². The molecule has 1 atom stereocenters. The number of nitriles is 1. The van der Waals surface area contributed by atoms with E-state index in [0.717, 1.165) is 10.8 Å². The van der Waals surface area contributed by atoms with E-state index in [1.165, 1.54) is 0 Å². The van der Waals surface area contributed by atoms with Crippen LogP contribution in [0.1, 0.15) is 25.2 Å². The van der Waals surface area contributed by atoms with Crippen molar-refractivity contribution in [1.29, 1.82) is 5.26 Å². The van der Waals surface area contributed by atoms with Crippen LogP contribution >= 0.6 is 0 Å². The Bertz CT molecular complexity index is 545. The van der Waals surface area contributed by atoms with Crippen LogP contribution in [0.3, 0.4) is 0 Å². The van der Waals surface area contributed by atoms with Gasteiger partial charge in [0.2, 0.25) is 0 Å². The highest BCUT2D eigenvalue weighted by Crippen LogP contribution is 2.30. The number of hydrogen-bond donors (Lipinski definition) is 0. The minimum absolute atomic E-state index is 0.108. The van der Waals surface area contributed by atoms with Gasteiger partial charge in [0, 0.05) is 0 Å². The van der Waals surface area contributed by atoms with Crippen molar-refractivity contribution in [3.8, 4) is 6.07 Å². The Kier molecular flexibility index (Phi) is 4.70. The van der Waals surface area contributed by atoms with Crippen molar-refractivity contribution >= 4 is 5.69 Å². The predicted octanol–water partition coefficient (Wildman–Crippen LogP) is 2.62. The van der Waals surface area contributed by atoms with Gasteiger partial charge < -0.3 is 0 Å². The normalized spacial score (nSPS) is 13.0. The second kappa shape index (κ2) is 5.90. The van der Waals surface area contributed by atoms with E-state index < -0.39 is 23.6 Å². The van der Waals surface area contributed by atoms with Crippen molar-refractivity contribution in [1.82, 2.24) is 9.78 Å². The summed E-state index contributed by atoms with van der Waals surface area (Å²) in [7, 11) is 0. The maximum Gasteiger partial charge on any atom is 0.406 e. The Morgan fingerprint density at radius 3 is 2.40 bits per heavy atom. The van der Waals surface area contributed by atoms with E-state index in [-0.39, 0.29) is 29.9 Å². The number of alkyl halides is 3. The molecular formula is C11H13F3N4O2. The molecule has 0 aliphatic heterocycles. The van der Waals surface area contributed by atoms with Crippen molar-refractivity contribution in [2.24, 2.45) is 5.92 Å². The molecule has 0 saturated carbocycles. The SMILES string of the molecule is CCc1nn(CC(C#N)C(F)(F)F)c(CC)c1[N+](=O)[O-]. The second-order valence-electron chi connectivity index (χ2n) is 4.11. The average Bonchev–Trinajstić information content (AvgIpc) is 2.71. The zero-order valence-corrected chi connectivity index (χ0v) is 10.9. The smallest absolute Gasteiger partial charge is 0.260 e. The molecule has 6 nitrogen and oxygen atoms in total. The van der Waals surface area contributed by atoms with Crippen molar-refractivity contribution in [3.63, 3.8) is 0 Å². The lowest BCUT2D eigenvalue weighted by Crippen LogP contribution is -2.27. The summed E-state index contributed by atoms with van der Waals surface area (Å²) < 4.78 is 38.7. The molecule has 1 aromatic heterocycles. The van der Waals surface area contributed by atoms with Gasteiger partial charge in [-0.2, -0.15) is 23.5 Å². The molecule has 0 radical (unpaired) electrons. The van der Waals surface area contributed by atoms with E-state index in [4.69, 9.17) is 5.26 Å². The molecule has 0 aliphatic rings. The standard InChI is InChI=1S/C11H13F3N4O2/c1-3-8-10(18(19)20)9(4-2)17(16-8)6-7(5-15)11(12,13)14/h7H,3-4,6H2,1-2H3. The average molecular weight is 290 g/mol. The monoisotopic (exact) mass is 290 g/mol. The molecular weight excluding hydrogens is 277 g/mol. The minimum atomic E-state index is -4.69. The van der Waals surface area contributed by atoms with Gasteiger partial charge in [-0.3, -0.25) is 14.8 Å².